The summed E-state index contributed by atoms with van der Waals surface area (Å²) in [5, 5.41) is 15.6. The molecule has 11 heteroatoms. The van der Waals surface area contributed by atoms with E-state index in [2.05, 4.69) is 15.1 Å². The molecule has 0 aliphatic rings. The first-order valence-corrected chi connectivity index (χ1v) is 8.29. The first kappa shape index (κ1) is 18.8. The number of carbonyl (C=O) groups excluding carboxylic acids is 1. The van der Waals surface area contributed by atoms with Crippen molar-refractivity contribution in [3.05, 3.63) is 64.7 Å². The van der Waals surface area contributed by atoms with E-state index in [4.69, 9.17) is 10.5 Å². The van der Waals surface area contributed by atoms with Gasteiger partial charge < -0.3 is 10.5 Å². The van der Waals surface area contributed by atoms with Crippen LogP contribution in [0.4, 0.5) is 22.0 Å². The van der Waals surface area contributed by atoms with Crippen molar-refractivity contribution in [2.75, 3.05) is 17.2 Å². The number of nitrogens with zero attached hydrogens (tertiary/aromatic N) is 6. The van der Waals surface area contributed by atoms with E-state index in [0.29, 0.717) is 0 Å². The van der Waals surface area contributed by atoms with Gasteiger partial charge in [-0.3, -0.25) is 15.0 Å². The van der Waals surface area contributed by atoms with Crippen molar-refractivity contribution in [1.82, 2.24) is 19.7 Å². The van der Waals surface area contributed by atoms with Gasteiger partial charge in [0, 0.05) is 6.07 Å². The van der Waals surface area contributed by atoms with Gasteiger partial charge in [-0.2, -0.15) is 5.10 Å². The third-order valence-corrected chi connectivity index (χ3v) is 3.78. The highest BCUT2D eigenvalue weighted by Crippen LogP contribution is 2.35. The van der Waals surface area contributed by atoms with Crippen LogP contribution in [0.2, 0.25) is 0 Å². The molecule has 1 amide bonds. The van der Waals surface area contributed by atoms with Gasteiger partial charge in [-0.15, -0.1) is 0 Å². The van der Waals surface area contributed by atoms with E-state index in [0.717, 1.165) is 10.5 Å². The maximum absolute atomic E-state index is 12.6. The van der Waals surface area contributed by atoms with Crippen LogP contribution in [-0.4, -0.2) is 37.4 Å². The first-order valence-electron chi connectivity index (χ1n) is 8.29. The minimum atomic E-state index is -0.746. The molecule has 0 spiro atoms. The molecule has 0 fully saturated rings. The summed E-state index contributed by atoms with van der Waals surface area (Å²) in [5.74, 6) is -0.173. The number of amides is 1. The fourth-order valence-electron chi connectivity index (χ4n) is 2.58. The number of nitrogen functional groups attached to an aromatic ring is 1. The Labute approximate surface area is 159 Å². The molecule has 0 radical (unpaired) electrons. The van der Waals surface area contributed by atoms with E-state index >= 15 is 0 Å². The number of pyridine rings is 1. The van der Waals surface area contributed by atoms with Crippen LogP contribution in [0.25, 0.3) is 5.82 Å². The number of ether oxygens (including phenoxy) is 1. The van der Waals surface area contributed by atoms with Crippen LogP contribution in [0.5, 0.6) is 0 Å². The summed E-state index contributed by atoms with van der Waals surface area (Å²) in [6.07, 6.45) is 1.90. The van der Waals surface area contributed by atoms with Gasteiger partial charge in [0.05, 0.1) is 18.1 Å². The molecular weight excluding hydrogens is 366 g/mol. The molecule has 2 N–H and O–H groups in total. The van der Waals surface area contributed by atoms with Crippen LogP contribution in [0.15, 0.2) is 49.1 Å². The zero-order chi connectivity index (χ0) is 20.1. The fourth-order valence-corrected chi connectivity index (χ4v) is 2.58. The van der Waals surface area contributed by atoms with Crippen LogP contribution in [-0.2, 0) is 11.3 Å². The third kappa shape index (κ3) is 3.87. The van der Waals surface area contributed by atoms with Crippen molar-refractivity contribution < 1.29 is 14.5 Å². The molecule has 2 heterocycles. The number of rotatable bonds is 6. The Morgan fingerprint density at radius 1 is 1.36 bits per heavy atom. The van der Waals surface area contributed by atoms with Crippen LogP contribution in [0, 0.1) is 10.1 Å². The molecule has 0 aliphatic heterocycles. The Morgan fingerprint density at radius 3 is 2.71 bits per heavy atom. The van der Waals surface area contributed by atoms with Crippen LogP contribution < -0.4 is 10.6 Å². The van der Waals surface area contributed by atoms with Crippen molar-refractivity contribution in [2.24, 2.45) is 0 Å². The van der Waals surface area contributed by atoms with Crippen LogP contribution in [0.3, 0.4) is 0 Å². The van der Waals surface area contributed by atoms with Gasteiger partial charge in [0.1, 0.15) is 18.3 Å². The zero-order valence-electron chi connectivity index (χ0n) is 14.9. The summed E-state index contributed by atoms with van der Waals surface area (Å²) < 4.78 is 6.39. The van der Waals surface area contributed by atoms with Gasteiger partial charge in [-0.05, 0) is 12.5 Å². The van der Waals surface area contributed by atoms with E-state index in [1.807, 2.05) is 6.07 Å². The smallest absolute Gasteiger partial charge is 0.414 e. The summed E-state index contributed by atoms with van der Waals surface area (Å²) in [5.41, 5.74) is 6.05. The molecule has 0 bridgehead atoms. The second-order valence-corrected chi connectivity index (χ2v) is 5.60. The molecule has 11 nitrogen and oxygen atoms in total. The maximum atomic E-state index is 12.6. The number of anilines is 2. The van der Waals surface area contributed by atoms with Gasteiger partial charge in [0.25, 0.3) is 0 Å². The number of benzene rings is 1. The monoisotopic (exact) mass is 383 g/mol. The maximum Gasteiger partial charge on any atom is 0.414 e. The summed E-state index contributed by atoms with van der Waals surface area (Å²) in [7, 11) is 0. The topological polar surface area (TPSA) is 142 Å². The highest BCUT2D eigenvalue weighted by Gasteiger charge is 2.30. The number of hydrogen-bond donors (Lipinski definition) is 1. The van der Waals surface area contributed by atoms with Gasteiger partial charge in [0.15, 0.2) is 5.82 Å². The fraction of sp³-hybridized carbons (Fsp3) is 0.176. The summed E-state index contributed by atoms with van der Waals surface area (Å²) in [6.45, 7) is 1.80. The summed E-state index contributed by atoms with van der Waals surface area (Å²) in [4.78, 5) is 32.6. The number of hydrogen-bond acceptors (Lipinski definition) is 8. The molecule has 2 aromatic heterocycles. The lowest BCUT2D eigenvalue weighted by molar-refractivity contribution is -0.383. The molecule has 0 saturated heterocycles. The number of nitro groups is 1. The molecule has 28 heavy (non-hydrogen) atoms. The van der Waals surface area contributed by atoms with Crippen LogP contribution in [0.1, 0.15) is 12.5 Å². The van der Waals surface area contributed by atoms with E-state index in [1.54, 1.807) is 31.2 Å². The van der Waals surface area contributed by atoms with Gasteiger partial charge in [-0.25, -0.2) is 19.4 Å². The quantitative estimate of drug-likeness (QED) is 0.505. The van der Waals surface area contributed by atoms with Crippen molar-refractivity contribution in [3.8, 4) is 5.82 Å². The highest BCUT2D eigenvalue weighted by atomic mass is 16.6. The average Bonchev–Trinajstić information content (AvgIpc) is 3.21. The van der Waals surface area contributed by atoms with Gasteiger partial charge in [0.2, 0.25) is 5.82 Å². The molecule has 3 rings (SSSR count). The molecule has 1 aromatic carbocycles. The Kier molecular flexibility index (Phi) is 5.44. The van der Waals surface area contributed by atoms with Crippen molar-refractivity contribution in [2.45, 2.75) is 13.5 Å². The number of nitrogens with two attached hydrogens (primary N) is 1. The Morgan fingerprint density at radius 2 is 2.11 bits per heavy atom. The van der Waals surface area contributed by atoms with Crippen molar-refractivity contribution in [3.63, 3.8) is 0 Å². The Hall–Kier alpha value is -4.02. The van der Waals surface area contributed by atoms with Gasteiger partial charge in [-0.1, -0.05) is 30.3 Å². The minimum Gasteiger partial charge on any atom is -0.449 e. The molecular formula is C17H17N7O4. The molecule has 144 valence electrons. The van der Waals surface area contributed by atoms with E-state index in [-0.39, 0.29) is 30.5 Å². The molecule has 0 aliphatic carbocycles. The second-order valence-electron chi connectivity index (χ2n) is 5.60. The minimum absolute atomic E-state index is 0.0424. The first-order chi connectivity index (χ1) is 13.5. The summed E-state index contributed by atoms with van der Waals surface area (Å²) >= 11 is 0. The van der Waals surface area contributed by atoms with Crippen LogP contribution >= 0.6 is 0 Å². The molecule has 0 unspecified atom stereocenters. The molecule has 3 aromatic rings. The predicted octanol–water partition coefficient (Wildman–Crippen LogP) is 2.32. The largest absolute Gasteiger partial charge is 0.449 e. The Balaban J connectivity index is 2.16. The van der Waals surface area contributed by atoms with E-state index in [9.17, 15) is 14.9 Å². The predicted molar refractivity (Wildman–Crippen MR) is 99.9 cm³/mol. The SMILES string of the molecule is CCOC(=O)N(Cc1ccccc1)c1cc(-n2cncn2)nc(N)c1[N+](=O)[O-]. The average molecular weight is 383 g/mol. The van der Waals surface area contributed by atoms with E-state index in [1.165, 1.54) is 23.4 Å². The second kappa shape index (κ2) is 8.12. The lowest BCUT2D eigenvalue weighted by Crippen LogP contribution is -2.32. The van der Waals surface area contributed by atoms with E-state index < -0.39 is 16.7 Å². The number of aromatic nitrogens is 4. The normalized spacial score (nSPS) is 10.5. The third-order valence-electron chi connectivity index (χ3n) is 3.78. The lowest BCUT2D eigenvalue weighted by Gasteiger charge is -2.22. The standard InChI is InChI=1S/C17H17N7O4/c1-2-28-17(25)22(9-12-6-4-3-5-7-12)13-8-14(23-11-19-10-20-23)21-16(18)15(13)24(26)27/h3-8,10-11H,2,9H2,1H3,(H2,18,21). The lowest BCUT2D eigenvalue weighted by atomic mass is 10.2. The van der Waals surface area contributed by atoms with Crippen molar-refractivity contribution in [1.29, 1.82) is 0 Å². The summed E-state index contributed by atoms with van der Waals surface area (Å²) in [6, 6.07) is 10.4. The van der Waals surface area contributed by atoms with Gasteiger partial charge >= 0.3 is 11.8 Å². The molecule has 0 saturated carbocycles. The molecule has 0 atom stereocenters. The Bertz CT molecular complexity index is 977. The van der Waals surface area contributed by atoms with Crippen molar-refractivity contribution >= 4 is 23.3 Å². The zero-order valence-corrected chi connectivity index (χ0v) is 14.9. The highest BCUT2D eigenvalue weighted by molar-refractivity contribution is 5.93. The number of carbonyl (C=O) groups is 1.